The van der Waals surface area contributed by atoms with Crippen LogP contribution in [0, 0.1) is 5.41 Å². The average molecular weight is 281 g/mol. The zero-order valence-electron chi connectivity index (χ0n) is 7.02. The van der Waals surface area contributed by atoms with E-state index in [-0.39, 0.29) is 0 Å². The van der Waals surface area contributed by atoms with Crippen molar-refractivity contribution in [3.8, 4) is 0 Å². The monoisotopic (exact) mass is 281 g/mol. The summed E-state index contributed by atoms with van der Waals surface area (Å²) in [7, 11) is 0. The van der Waals surface area contributed by atoms with E-state index in [0.717, 1.165) is 0 Å². The van der Waals surface area contributed by atoms with Crippen LogP contribution in [0.1, 0.15) is 13.8 Å². The van der Waals surface area contributed by atoms with E-state index in [1.54, 1.807) is 26.1 Å². The summed E-state index contributed by atoms with van der Waals surface area (Å²) in [6, 6.07) is 0. The van der Waals surface area contributed by atoms with Crippen molar-refractivity contribution in [2.45, 2.75) is 19.4 Å². The van der Waals surface area contributed by atoms with Crippen molar-refractivity contribution < 1.29 is 4.79 Å². The van der Waals surface area contributed by atoms with Crippen molar-refractivity contribution in [3.05, 3.63) is 12.3 Å². The number of rotatable bonds is 4. The second kappa shape index (κ2) is 4.44. The number of nitrogens with two attached hydrogens (primary N) is 1. The lowest BCUT2D eigenvalue weighted by atomic mass is 10.1. The number of nitrogens with one attached hydrogen (secondary N) is 2. The molecule has 68 valence electrons. The molecule has 0 aliphatic heterocycles. The Morgan fingerprint density at radius 2 is 2.17 bits per heavy atom. The Morgan fingerprint density at radius 1 is 1.67 bits per heavy atom. The van der Waals surface area contributed by atoms with Gasteiger partial charge in [0, 0.05) is 0 Å². The van der Waals surface area contributed by atoms with Crippen molar-refractivity contribution in [1.29, 1.82) is 5.41 Å². The molecule has 0 rings (SSSR count). The van der Waals surface area contributed by atoms with Gasteiger partial charge in [0.25, 0.3) is 0 Å². The molecule has 0 radical (unpaired) electrons. The fraction of sp³-hybridized carbons (Fsp3) is 0.429. The van der Waals surface area contributed by atoms with Gasteiger partial charge in [-0.25, -0.2) is 0 Å². The average Bonchev–Trinajstić information content (AvgIpc) is 1.85. The van der Waals surface area contributed by atoms with Gasteiger partial charge in [0.2, 0.25) is 5.91 Å². The Balaban J connectivity index is 4.09. The Hall–Kier alpha value is -0.590. The summed E-state index contributed by atoms with van der Waals surface area (Å²) in [4.78, 5) is 10.8. The molecule has 0 unspecified atom stereocenters. The predicted octanol–water partition coefficient (Wildman–Crippen LogP) is 0.766. The predicted molar refractivity (Wildman–Crippen MR) is 57.3 cm³/mol. The number of carbonyl (C=O) groups is 1. The molecule has 5 heteroatoms. The standard InChI is InChI=1S/C7H12IN3O/c1-7(2,6(10)12)11-4-3-5(8)9/h3-4,9,11H,1-2H3,(H2,10,12)/b4-3-,9-5?. The van der Waals surface area contributed by atoms with Gasteiger partial charge >= 0.3 is 0 Å². The minimum atomic E-state index is -0.761. The van der Waals surface area contributed by atoms with E-state index in [1.807, 2.05) is 22.6 Å². The Morgan fingerprint density at radius 3 is 2.50 bits per heavy atom. The molecule has 4 N–H and O–H groups in total. The van der Waals surface area contributed by atoms with Crippen LogP contribution in [0.15, 0.2) is 12.3 Å². The van der Waals surface area contributed by atoms with Crippen LogP contribution in [0.2, 0.25) is 0 Å². The number of allylic oxidation sites excluding steroid dienone is 1. The zero-order chi connectivity index (χ0) is 9.78. The lowest BCUT2D eigenvalue weighted by Crippen LogP contribution is -2.48. The molecule has 0 heterocycles. The normalized spacial score (nSPS) is 11.6. The molecule has 0 saturated heterocycles. The second-order valence-electron chi connectivity index (χ2n) is 2.81. The van der Waals surface area contributed by atoms with Crippen LogP contribution < -0.4 is 11.1 Å². The minimum Gasteiger partial charge on any atom is -0.378 e. The molecule has 12 heavy (non-hydrogen) atoms. The van der Waals surface area contributed by atoms with E-state index < -0.39 is 11.4 Å². The molecule has 0 aliphatic rings. The van der Waals surface area contributed by atoms with Gasteiger partial charge in [0.1, 0.15) is 5.54 Å². The third-order valence-corrected chi connectivity index (χ3v) is 1.65. The highest BCUT2D eigenvalue weighted by molar-refractivity contribution is 14.1. The number of primary amides is 1. The smallest absolute Gasteiger partial charge is 0.242 e. The molecule has 0 aromatic rings. The van der Waals surface area contributed by atoms with Gasteiger partial charge < -0.3 is 11.1 Å². The van der Waals surface area contributed by atoms with Gasteiger partial charge in [-0.15, -0.1) is 0 Å². The first-order valence-corrected chi connectivity index (χ1v) is 4.42. The Bertz CT molecular complexity index is 223. The number of halogens is 1. The van der Waals surface area contributed by atoms with Gasteiger partial charge in [-0.3, -0.25) is 10.2 Å². The molecule has 0 bridgehead atoms. The molecular formula is C7H12IN3O. The molecule has 0 saturated carbocycles. The molecule has 0 aromatic carbocycles. The lowest BCUT2D eigenvalue weighted by molar-refractivity contribution is -0.122. The number of hydrogen-bond acceptors (Lipinski definition) is 3. The van der Waals surface area contributed by atoms with Crippen LogP contribution in [0.4, 0.5) is 0 Å². The fourth-order valence-electron chi connectivity index (χ4n) is 0.394. The molecule has 4 nitrogen and oxygen atoms in total. The largest absolute Gasteiger partial charge is 0.378 e. The highest BCUT2D eigenvalue weighted by Gasteiger charge is 2.22. The van der Waals surface area contributed by atoms with Gasteiger partial charge in [0.15, 0.2) is 0 Å². The van der Waals surface area contributed by atoms with Gasteiger partial charge in [-0.05, 0) is 48.7 Å². The summed E-state index contributed by atoms with van der Waals surface area (Å²) in [6.45, 7) is 3.35. The Kier molecular flexibility index (Phi) is 4.22. The maximum atomic E-state index is 10.8. The quantitative estimate of drug-likeness (QED) is 0.525. The number of hydrogen-bond donors (Lipinski definition) is 3. The summed E-state index contributed by atoms with van der Waals surface area (Å²) in [6.07, 6.45) is 3.09. The van der Waals surface area contributed by atoms with Gasteiger partial charge in [0.05, 0.1) is 3.72 Å². The molecule has 0 fully saturated rings. The molecule has 0 spiro atoms. The van der Waals surface area contributed by atoms with Crippen LogP contribution >= 0.6 is 22.6 Å². The van der Waals surface area contributed by atoms with E-state index in [2.05, 4.69) is 5.32 Å². The minimum absolute atomic E-state index is 0.389. The number of carbonyl (C=O) groups excluding carboxylic acids is 1. The van der Waals surface area contributed by atoms with Crippen LogP contribution in [-0.2, 0) is 4.79 Å². The van der Waals surface area contributed by atoms with Crippen molar-refractivity contribution >= 4 is 32.2 Å². The van der Waals surface area contributed by atoms with Crippen LogP contribution in [0.5, 0.6) is 0 Å². The fourth-order valence-corrected chi connectivity index (χ4v) is 0.574. The van der Waals surface area contributed by atoms with Crippen molar-refractivity contribution in [2.75, 3.05) is 0 Å². The summed E-state index contributed by atoms with van der Waals surface area (Å²) in [5.41, 5.74) is 4.33. The van der Waals surface area contributed by atoms with Gasteiger partial charge in [-0.2, -0.15) is 0 Å². The number of amides is 1. The third-order valence-electron chi connectivity index (χ3n) is 1.29. The Labute approximate surface area is 85.2 Å². The molecule has 0 aliphatic carbocycles. The maximum absolute atomic E-state index is 10.8. The highest BCUT2D eigenvalue weighted by Crippen LogP contribution is 1.99. The molecular weight excluding hydrogens is 269 g/mol. The first-order valence-electron chi connectivity index (χ1n) is 3.34. The molecule has 1 amide bonds. The van der Waals surface area contributed by atoms with Crippen LogP contribution in [0.3, 0.4) is 0 Å². The zero-order valence-corrected chi connectivity index (χ0v) is 9.18. The molecule has 0 aromatic heterocycles. The highest BCUT2D eigenvalue weighted by atomic mass is 127. The second-order valence-corrected chi connectivity index (χ2v) is 3.98. The van der Waals surface area contributed by atoms with E-state index in [4.69, 9.17) is 11.1 Å². The van der Waals surface area contributed by atoms with Gasteiger partial charge in [-0.1, -0.05) is 0 Å². The van der Waals surface area contributed by atoms with E-state index in [1.165, 1.54) is 0 Å². The topological polar surface area (TPSA) is 79.0 Å². The van der Waals surface area contributed by atoms with Crippen LogP contribution in [-0.4, -0.2) is 15.2 Å². The summed E-state index contributed by atoms with van der Waals surface area (Å²) < 4.78 is 0.389. The summed E-state index contributed by atoms with van der Waals surface area (Å²) >= 11 is 1.85. The van der Waals surface area contributed by atoms with E-state index in [0.29, 0.717) is 3.72 Å². The summed E-state index contributed by atoms with van der Waals surface area (Å²) in [5.74, 6) is -0.424. The first kappa shape index (κ1) is 11.4. The van der Waals surface area contributed by atoms with Crippen LogP contribution in [0.25, 0.3) is 0 Å². The van der Waals surface area contributed by atoms with Crippen molar-refractivity contribution in [3.63, 3.8) is 0 Å². The third kappa shape index (κ3) is 4.32. The first-order chi connectivity index (χ1) is 5.36. The SMILES string of the molecule is CC(C)(N/C=C\C(=N)I)C(N)=O. The maximum Gasteiger partial charge on any atom is 0.242 e. The van der Waals surface area contributed by atoms with Crippen molar-refractivity contribution in [2.24, 2.45) is 5.73 Å². The lowest BCUT2D eigenvalue weighted by Gasteiger charge is -2.20. The molecule has 0 atom stereocenters. The summed E-state index contributed by atoms with van der Waals surface area (Å²) in [5, 5.41) is 9.84. The van der Waals surface area contributed by atoms with E-state index >= 15 is 0 Å². The van der Waals surface area contributed by atoms with Crippen molar-refractivity contribution in [1.82, 2.24) is 5.32 Å². The van der Waals surface area contributed by atoms with E-state index in [9.17, 15) is 4.79 Å².